The Kier molecular flexibility index (Phi) is 10.1. The van der Waals surface area contributed by atoms with E-state index < -0.39 is 0 Å². The van der Waals surface area contributed by atoms with Gasteiger partial charge in [0.1, 0.15) is 6.04 Å². The summed E-state index contributed by atoms with van der Waals surface area (Å²) in [5.74, 6) is 0.212. The number of ketones is 1. The average Bonchev–Trinajstić information content (AvgIpc) is 3.73. The van der Waals surface area contributed by atoms with Crippen molar-refractivity contribution in [2.75, 3.05) is 6.54 Å². The molecule has 1 aromatic rings. The number of hydrogen-bond acceptors (Lipinski definition) is 4. The summed E-state index contributed by atoms with van der Waals surface area (Å²) >= 11 is 0. The van der Waals surface area contributed by atoms with Crippen LogP contribution in [0.2, 0.25) is 0 Å². The van der Waals surface area contributed by atoms with Crippen molar-refractivity contribution in [1.29, 1.82) is 0 Å². The molecule has 0 saturated heterocycles. The van der Waals surface area contributed by atoms with Crippen molar-refractivity contribution in [3.63, 3.8) is 0 Å². The van der Waals surface area contributed by atoms with Crippen LogP contribution in [0.1, 0.15) is 100 Å². The Balaban J connectivity index is 0.00000405. The van der Waals surface area contributed by atoms with Gasteiger partial charge in [0.2, 0.25) is 0 Å². The van der Waals surface area contributed by atoms with Crippen molar-refractivity contribution in [2.45, 2.75) is 106 Å². The fourth-order valence-electron chi connectivity index (χ4n) is 7.28. The zero-order valence-corrected chi connectivity index (χ0v) is 30.0. The van der Waals surface area contributed by atoms with Crippen LogP contribution in [0, 0.1) is 0 Å². The molecule has 8 bridgehead atoms. The monoisotopic (exact) mass is 614 g/mol. The van der Waals surface area contributed by atoms with Crippen LogP contribution in [-0.2, 0) is 24.3 Å². The molecule has 5 heterocycles. The van der Waals surface area contributed by atoms with Crippen molar-refractivity contribution < 1.29 is 24.3 Å². The second-order valence-corrected chi connectivity index (χ2v) is 11.1. The van der Waals surface area contributed by atoms with E-state index in [2.05, 4.69) is 89.6 Å². The number of fused-ring (bicyclic) bond motifs is 6. The van der Waals surface area contributed by atoms with Crippen LogP contribution < -0.4 is 10.7 Å². The van der Waals surface area contributed by atoms with Gasteiger partial charge in [-0.1, -0.05) is 48.5 Å². The Morgan fingerprint density at radius 2 is 1.21 bits per heavy atom. The Morgan fingerprint density at radius 3 is 1.79 bits per heavy atom. The molecule has 6 heteroatoms. The third kappa shape index (κ3) is 5.04. The summed E-state index contributed by atoms with van der Waals surface area (Å²) in [4.78, 5) is 30.7. The molecule has 4 aliphatic rings. The van der Waals surface area contributed by atoms with Crippen LogP contribution in [0.5, 0.6) is 0 Å². The number of aliphatic imine (C=N–C) groups is 2. The molecule has 1 N–H and O–H groups in total. The number of H-pyrrole nitrogens is 1. The standard InChI is InChI=1S/C36H46N4O.Zn/c1-9-23-24(10-2)32-27(13-5)33-25(11-3)26(12-4)34(39-33)28(14-6)35-29(15-7)36(41)31(40(35)16-8)20-22-18-17-21(37-22)19-30(23)38-32;/h17-20,31,37H,9-16H2,1-8H3;. The number of aromatic amines is 1. The Hall–Kier alpha value is -2.85. The number of carbonyl (C=O) groups excluding carboxylic acids is 1. The zero-order chi connectivity index (χ0) is 29.4. The summed E-state index contributed by atoms with van der Waals surface area (Å²) < 4.78 is 0. The SMILES string of the molecule is CCC1=C(CC)C2=C(CC)C3=NC(=C(CC)C4=C(CC)C(=O)C(C=c5ccc([nH]5)=CC1=N2)N4CC)C(CC)=C3CC.[Zn]. The molecule has 1 atom stereocenters. The zero-order valence-electron chi connectivity index (χ0n) is 27.0. The maximum absolute atomic E-state index is 14.0. The molecule has 0 aliphatic carbocycles. The minimum absolute atomic E-state index is 0. The number of hydrogen-bond donors (Lipinski definition) is 1. The molecule has 0 fully saturated rings. The summed E-state index contributed by atoms with van der Waals surface area (Å²) in [7, 11) is 0. The summed E-state index contributed by atoms with van der Waals surface area (Å²) in [5, 5.41) is 1.98. The Bertz CT molecular complexity index is 1640. The van der Waals surface area contributed by atoms with E-state index in [0.29, 0.717) is 6.42 Å². The van der Waals surface area contributed by atoms with Crippen molar-refractivity contribution in [2.24, 2.45) is 9.98 Å². The van der Waals surface area contributed by atoms with E-state index >= 15 is 0 Å². The van der Waals surface area contributed by atoms with E-state index in [1.54, 1.807) is 0 Å². The van der Waals surface area contributed by atoms with Crippen molar-refractivity contribution in [3.8, 4) is 0 Å². The topological polar surface area (TPSA) is 60.8 Å². The van der Waals surface area contributed by atoms with E-state index in [4.69, 9.17) is 9.98 Å². The molecule has 5 rings (SSSR count). The van der Waals surface area contributed by atoms with Crippen LogP contribution in [0.25, 0.3) is 12.2 Å². The minimum atomic E-state index is -0.324. The van der Waals surface area contributed by atoms with Crippen molar-refractivity contribution in [3.05, 3.63) is 78.9 Å². The van der Waals surface area contributed by atoms with E-state index in [1.165, 1.54) is 33.4 Å². The Morgan fingerprint density at radius 1 is 0.667 bits per heavy atom. The predicted octanol–water partition coefficient (Wildman–Crippen LogP) is 6.99. The first-order chi connectivity index (χ1) is 19.9. The van der Waals surface area contributed by atoms with Crippen molar-refractivity contribution in [1.82, 2.24) is 9.88 Å². The number of nitrogens with one attached hydrogen (secondary N) is 1. The first-order valence-electron chi connectivity index (χ1n) is 15.9. The molecule has 42 heavy (non-hydrogen) atoms. The largest absolute Gasteiger partial charge is 0.357 e. The van der Waals surface area contributed by atoms with Crippen LogP contribution in [0.15, 0.2) is 78.2 Å². The van der Waals surface area contributed by atoms with Gasteiger partial charge in [0.05, 0.1) is 22.8 Å². The van der Waals surface area contributed by atoms with Gasteiger partial charge >= 0.3 is 0 Å². The molecule has 0 spiro atoms. The number of nitrogens with zero attached hydrogens (tertiary/aromatic N) is 3. The van der Waals surface area contributed by atoms with Crippen LogP contribution in [0.4, 0.5) is 0 Å². The maximum atomic E-state index is 14.0. The quantitative estimate of drug-likeness (QED) is 0.320. The molecule has 4 aliphatic heterocycles. The molecule has 218 valence electrons. The van der Waals surface area contributed by atoms with E-state index in [0.717, 1.165) is 89.9 Å². The Labute approximate surface area is 264 Å². The molecular weight excluding hydrogens is 570 g/mol. The van der Waals surface area contributed by atoms with Crippen LogP contribution >= 0.6 is 0 Å². The van der Waals surface area contributed by atoms with Crippen LogP contribution in [0.3, 0.4) is 0 Å². The summed E-state index contributed by atoms with van der Waals surface area (Å²) in [6.45, 7) is 18.5. The van der Waals surface area contributed by atoms with Gasteiger partial charge in [0.15, 0.2) is 5.78 Å². The molecular formula is C36H46N4OZn. The number of carbonyl (C=O) groups is 1. The summed E-state index contributed by atoms with van der Waals surface area (Å²) in [6, 6.07) is 3.87. The van der Waals surface area contributed by atoms with Gasteiger partial charge in [-0.3, -0.25) is 4.79 Å². The normalized spacial score (nSPS) is 20.4. The summed E-state index contributed by atoms with van der Waals surface area (Å²) in [6.07, 6.45) is 10.4. The third-order valence-electron chi connectivity index (χ3n) is 9.15. The molecule has 0 amide bonds. The van der Waals surface area contributed by atoms with Gasteiger partial charge in [-0.25, -0.2) is 9.98 Å². The molecule has 1 aromatic heterocycles. The fourth-order valence-corrected chi connectivity index (χ4v) is 7.28. The molecule has 0 radical (unpaired) electrons. The van der Waals surface area contributed by atoms with Gasteiger partial charge < -0.3 is 9.88 Å². The fraction of sp³-hybridized carbons (Fsp3) is 0.472. The number of Topliss-reactive ketones (excluding diaryl/α,β-unsaturated/α-hetero) is 1. The number of likely N-dealkylation sites (N-methyl/N-ethyl adjacent to an activating group) is 1. The smallest absolute Gasteiger partial charge is 0.187 e. The number of rotatable bonds is 8. The van der Waals surface area contributed by atoms with E-state index in [1.807, 2.05) is 0 Å². The van der Waals surface area contributed by atoms with Gasteiger partial charge in [0.25, 0.3) is 0 Å². The molecule has 0 saturated carbocycles. The van der Waals surface area contributed by atoms with E-state index in [9.17, 15) is 4.79 Å². The van der Waals surface area contributed by atoms with Crippen LogP contribution in [-0.4, -0.2) is 39.7 Å². The van der Waals surface area contributed by atoms with Gasteiger partial charge in [-0.2, -0.15) is 0 Å². The summed E-state index contributed by atoms with van der Waals surface area (Å²) in [5.41, 5.74) is 14.2. The second kappa shape index (κ2) is 13.2. The molecule has 0 aromatic carbocycles. The first-order valence-corrected chi connectivity index (χ1v) is 15.9. The number of aromatic nitrogens is 1. The second-order valence-electron chi connectivity index (χ2n) is 11.1. The first kappa shape index (κ1) is 32.1. The van der Waals surface area contributed by atoms with E-state index in [-0.39, 0.29) is 31.3 Å². The number of allylic oxidation sites excluding steroid dienone is 6. The van der Waals surface area contributed by atoms with Gasteiger partial charge in [0, 0.05) is 59.1 Å². The third-order valence-corrected chi connectivity index (χ3v) is 9.15. The predicted molar refractivity (Wildman–Crippen MR) is 172 cm³/mol. The minimum Gasteiger partial charge on any atom is -0.357 e. The van der Waals surface area contributed by atoms with Gasteiger partial charge in [-0.05, 0) is 98.4 Å². The van der Waals surface area contributed by atoms with Crippen molar-refractivity contribution >= 4 is 29.4 Å². The maximum Gasteiger partial charge on any atom is 0.187 e. The molecule has 1 unspecified atom stereocenters. The molecule has 5 nitrogen and oxygen atoms in total. The van der Waals surface area contributed by atoms with Gasteiger partial charge in [-0.15, -0.1) is 0 Å². The average molecular weight is 616 g/mol.